The van der Waals surface area contributed by atoms with Crippen LogP contribution in [0.1, 0.15) is 30.6 Å². The number of aliphatic carboxylic acids is 1. The quantitative estimate of drug-likeness (QED) is 0.866. The summed E-state index contributed by atoms with van der Waals surface area (Å²) in [6, 6.07) is 1.59. The number of likely N-dealkylation sites (tertiary alicyclic amines) is 1. The molecule has 1 aliphatic rings. The Hall–Kier alpha value is -1.08. The van der Waals surface area contributed by atoms with Gasteiger partial charge < -0.3 is 15.3 Å². The van der Waals surface area contributed by atoms with Crippen molar-refractivity contribution in [3.8, 4) is 0 Å². The molecule has 1 fully saturated rings. The Morgan fingerprint density at radius 3 is 2.95 bits per heavy atom. The van der Waals surface area contributed by atoms with E-state index in [1.807, 2.05) is 11.4 Å². The van der Waals surface area contributed by atoms with Crippen molar-refractivity contribution in [2.45, 2.75) is 38.3 Å². The van der Waals surface area contributed by atoms with E-state index < -0.39 is 5.97 Å². The Morgan fingerprint density at radius 2 is 2.30 bits per heavy atom. The molecule has 0 radical (unpaired) electrons. The smallest absolute Gasteiger partial charge is 0.317 e. The normalized spacial score (nSPS) is 18.9. The number of carbonyl (C=O) groups excluding carboxylic acids is 1. The fourth-order valence-corrected chi connectivity index (χ4v) is 3.82. The molecule has 0 saturated carbocycles. The molecule has 1 atom stereocenters. The number of carboxylic acids is 1. The first-order chi connectivity index (χ1) is 9.58. The Kier molecular flexibility index (Phi) is 5.42. The molecule has 1 aromatic heterocycles. The lowest BCUT2D eigenvalue weighted by Gasteiger charge is -2.34. The summed E-state index contributed by atoms with van der Waals surface area (Å²) in [5.41, 5.74) is 0. The summed E-state index contributed by atoms with van der Waals surface area (Å²) < 4.78 is 0.989. The fraction of sp³-hybridized carbons (Fsp3) is 0.538. The summed E-state index contributed by atoms with van der Waals surface area (Å²) >= 11 is 5.00. The number of rotatable bonds is 4. The second kappa shape index (κ2) is 7.08. The van der Waals surface area contributed by atoms with Crippen LogP contribution in [0.25, 0.3) is 0 Å². The van der Waals surface area contributed by atoms with E-state index in [-0.39, 0.29) is 18.5 Å². The van der Waals surface area contributed by atoms with E-state index in [1.54, 1.807) is 16.2 Å². The van der Waals surface area contributed by atoms with Crippen LogP contribution < -0.4 is 5.32 Å². The van der Waals surface area contributed by atoms with Crippen LogP contribution in [0.3, 0.4) is 0 Å². The molecule has 7 heteroatoms. The average Bonchev–Trinajstić information content (AvgIpc) is 2.81. The van der Waals surface area contributed by atoms with Gasteiger partial charge in [0.05, 0.1) is 13.0 Å². The highest BCUT2D eigenvalue weighted by Gasteiger charge is 2.28. The van der Waals surface area contributed by atoms with Gasteiger partial charge in [0, 0.05) is 21.9 Å². The standard InChI is InChI=1S/C13H17BrN2O3S/c14-10-4-6-20-11(10)8-15-13(19)16-5-2-1-3-9(16)7-12(17)18/h4,6,9H,1-3,5,7-8H2,(H,15,19)(H,17,18). The summed E-state index contributed by atoms with van der Waals surface area (Å²) in [6.45, 7) is 1.10. The van der Waals surface area contributed by atoms with Crippen LogP contribution in [0.5, 0.6) is 0 Å². The number of halogens is 1. The summed E-state index contributed by atoms with van der Waals surface area (Å²) in [7, 11) is 0. The molecule has 1 aromatic rings. The molecule has 1 unspecified atom stereocenters. The van der Waals surface area contributed by atoms with Crippen LogP contribution in [0.4, 0.5) is 4.79 Å². The average molecular weight is 361 g/mol. The fourth-order valence-electron chi connectivity index (χ4n) is 2.39. The lowest BCUT2D eigenvalue weighted by Crippen LogP contribution is -2.49. The first-order valence-electron chi connectivity index (χ1n) is 6.56. The number of hydrogen-bond acceptors (Lipinski definition) is 3. The number of nitrogens with one attached hydrogen (secondary N) is 1. The van der Waals surface area contributed by atoms with Gasteiger partial charge in [0.15, 0.2) is 0 Å². The molecule has 2 N–H and O–H groups in total. The minimum Gasteiger partial charge on any atom is -0.481 e. The van der Waals surface area contributed by atoms with Crippen LogP contribution in [0, 0.1) is 0 Å². The van der Waals surface area contributed by atoms with E-state index in [4.69, 9.17) is 5.11 Å². The Morgan fingerprint density at radius 1 is 1.50 bits per heavy atom. The van der Waals surface area contributed by atoms with Gasteiger partial charge >= 0.3 is 12.0 Å². The molecule has 20 heavy (non-hydrogen) atoms. The number of piperidine rings is 1. The van der Waals surface area contributed by atoms with Crippen molar-refractivity contribution in [2.75, 3.05) is 6.54 Å². The van der Waals surface area contributed by atoms with E-state index in [0.717, 1.165) is 28.6 Å². The SMILES string of the molecule is O=C(O)CC1CCCCN1C(=O)NCc1sccc1Br. The summed E-state index contributed by atoms with van der Waals surface area (Å²) in [6.07, 6.45) is 2.71. The third-order valence-corrected chi connectivity index (χ3v) is 5.32. The molecular weight excluding hydrogens is 344 g/mol. The first-order valence-corrected chi connectivity index (χ1v) is 8.23. The van der Waals surface area contributed by atoms with Crippen LogP contribution in [-0.2, 0) is 11.3 Å². The van der Waals surface area contributed by atoms with Gasteiger partial charge in [0.25, 0.3) is 0 Å². The highest BCUT2D eigenvalue weighted by molar-refractivity contribution is 9.10. The maximum Gasteiger partial charge on any atom is 0.317 e. The van der Waals surface area contributed by atoms with Crippen molar-refractivity contribution in [1.29, 1.82) is 0 Å². The number of carbonyl (C=O) groups is 2. The van der Waals surface area contributed by atoms with Gasteiger partial charge in [0.2, 0.25) is 0 Å². The number of amides is 2. The summed E-state index contributed by atoms with van der Waals surface area (Å²) in [5.74, 6) is -0.851. The summed E-state index contributed by atoms with van der Waals surface area (Å²) in [5, 5.41) is 13.8. The molecule has 5 nitrogen and oxygen atoms in total. The third kappa shape index (κ3) is 3.96. The van der Waals surface area contributed by atoms with Crippen molar-refractivity contribution >= 4 is 39.3 Å². The molecule has 1 aliphatic heterocycles. The molecule has 1 saturated heterocycles. The van der Waals surface area contributed by atoms with Crippen molar-refractivity contribution in [1.82, 2.24) is 10.2 Å². The van der Waals surface area contributed by atoms with Crippen molar-refractivity contribution in [3.05, 3.63) is 20.8 Å². The van der Waals surface area contributed by atoms with E-state index in [2.05, 4.69) is 21.2 Å². The number of urea groups is 1. The Balaban J connectivity index is 1.92. The predicted molar refractivity (Wildman–Crippen MR) is 80.9 cm³/mol. The molecular formula is C13H17BrN2O3S. The highest BCUT2D eigenvalue weighted by atomic mass is 79.9. The van der Waals surface area contributed by atoms with Crippen molar-refractivity contribution < 1.29 is 14.7 Å². The van der Waals surface area contributed by atoms with E-state index >= 15 is 0 Å². The van der Waals surface area contributed by atoms with Gasteiger partial charge in [-0.3, -0.25) is 4.79 Å². The number of carboxylic acid groups (broad SMARTS) is 1. The van der Waals surface area contributed by atoms with Crippen LogP contribution in [0.15, 0.2) is 15.9 Å². The van der Waals surface area contributed by atoms with Gasteiger partial charge in [-0.05, 0) is 46.6 Å². The predicted octanol–water partition coefficient (Wildman–Crippen LogP) is 3.05. The van der Waals surface area contributed by atoms with Crippen LogP contribution in [0.2, 0.25) is 0 Å². The topological polar surface area (TPSA) is 69.6 Å². The lowest BCUT2D eigenvalue weighted by molar-refractivity contribution is -0.138. The number of hydrogen-bond donors (Lipinski definition) is 2. The van der Waals surface area contributed by atoms with Gasteiger partial charge in [-0.2, -0.15) is 0 Å². The third-order valence-electron chi connectivity index (χ3n) is 3.39. The minimum absolute atomic E-state index is 0.0239. The van der Waals surface area contributed by atoms with E-state index in [0.29, 0.717) is 13.1 Å². The largest absolute Gasteiger partial charge is 0.481 e. The van der Waals surface area contributed by atoms with Crippen molar-refractivity contribution in [2.24, 2.45) is 0 Å². The zero-order valence-corrected chi connectivity index (χ0v) is 13.4. The van der Waals surface area contributed by atoms with Crippen LogP contribution >= 0.6 is 27.3 Å². The molecule has 2 heterocycles. The van der Waals surface area contributed by atoms with Gasteiger partial charge in [0.1, 0.15) is 0 Å². The second-order valence-corrected chi connectivity index (χ2v) is 6.65. The molecule has 0 aromatic carbocycles. The van der Waals surface area contributed by atoms with E-state index in [9.17, 15) is 9.59 Å². The first kappa shape index (κ1) is 15.3. The Labute approximate surface area is 130 Å². The number of nitrogens with zero attached hydrogens (tertiary/aromatic N) is 1. The van der Waals surface area contributed by atoms with Crippen LogP contribution in [-0.4, -0.2) is 34.6 Å². The molecule has 110 valence electrons. The monoisotopic (exact) mass is 360 g/mol. The van der Waals surface area contributed by atoms with Gasteiger partial charge in [-0.25, -0.2) is 4.79 Å². The zero-order chi connectivity index (χ0) is 14.5. The molecule has 2 rings (SSSR count). The Bertz CT molecular complexity index is 492. The maximum absolute atomic E-state index is 12.2. The second-order valence-electron chi connectivity index (χ2n) is 4.79. The molecule has 0 spiro atoms. The number of thiophene rings is 1. The summed E-state index contributed by atoms with van der Waals surface area (Å²) in [4.78, 5) is 25.8. The lowest BCUT2D eigenvalue weighted by atomic mass is 10.00. The highest BCUT2D eigenvalue weighted by Crippen LogP contribution is 2.23. The maximum atomic E-state index is 12.2. The van der Waals surface area contributed by atoms with Gasteiger partial charge in [-0.1, -0.05) is 0 Å². The molecule has 2 amide bonds. The van der Waals surface area contributed by atoms with E-state index in [1.165, 1.54) is 0 Å². The molecule has 0 bridgehead atoms. The van der Waals surface area contributed by atoms with Gasteiger partial charge in [-0.15, -0.1) is 11.3 Å². The zero-order valence-electron chi connectivity index (χ0n) is 11.0. The molecule has 0 aliphatic carbocycles. The van der Waals surface area contributed by atoms with Crippen molar-refractivity contribution in [3.63, 3.8) is 0 Å². The minimum atomic E-state index is -0.851.